The van der Waals surface area contributed by atoms with Crippen molar-refractivity contribution in [2.45, 2.75) is 47.0 Å². The summed E-state index contributed by atoms with van der Waals surface area (Å²) >= 11 is 2.31. The van der Waals surface area contributed by atoms with Crippen molar-refractivity contribution in [2.75, 3.05) is 11.9 Å². The fourth-order valence-corrected chi connectivity index (χ4v) is 3.38. The van der Waals surface area contributed by atoms with E-state index < -0.39 is 0 Å². The Bertz CT molecular complexity index is 639. The van der Waals surface area contributed by atoms with E-state index in [1.165, 1.54) is 0 Å². The molecule has 0 saturated heterocycles. The maximum Gasteiger partial charge on any atom is 0.167 e. The van der Waals surface area contributed by atoms with Crippen LogP contribution in [0.1, 0.15) is 44.8 Å². The largest absolute Gasteiger partial charge is 0.369 e. The van der Waals surface area contributed by atoms with Crippen LogP contribution in [0, 0.1) is 17.4 Å². The summed E-state index contributed by atoms with van der Waals surface area (Å²) in [6, 6.07) is 0. The summed E-state index contributed by atoms with van der Waals surface area (Å²) < 4.78 is 6.32. The van der Waals surface area contributed by atoms with Gasteiger partial charge in [-0.15, -0.1) is 0 Å². The van der Waals surface area contributed by atoms with Crippen molar-refractivity contribution in [3.63, 3.8) is 0 Å². The molecule has 0 unspecified atom stereocenters. The molecule has 0 fully saturated rings. The molecule has 0 atom stereocenters. The molecule has 0 aliphatic rings. The Morgan fingerprint density at radius 2 is 1.86 bits per heavy atom. The lowest BCUT2D eigenvalue weighted by molar-refractivity contribution is 0.393. The molecule has 114 valence electrons. The van der Waals surface area contributed by atoms with Crippen LogP contribution in [0.4, 0.5) is 5.82 Å². The molecule has 0 radical (unpaired) electrons. The minimum Gasteiger partial charge on any atom is -0.369 e. The second-order valence-electron chi connectivity index (χ2n) is 6.04. The number of nitrogens with zero attached hydrogens (tertiary/aromatic N) is 3. The van der Waals surface area contributed by atoms with Crippen molar-refractivity contribution in [3.8, 4) is 11.4 Å². The number of aromatic nitrogens is 3. The molecule has 2 aromatic heterocycles. The molecule has 1 N–H and O–H groups in total. The van der Waals surface area contributed by atoms with Gasteiger partial charge in [-0.3, -0.25) is 0 Å². The van der Waals surface area contributed by atoms with Crippen molar-refractivity contribution >= 4 is 28.4 Å². The summed E-state index contributed by atoms with van der Waals surface area (Å²) in [4.78, 5) is 9.46. The van der Waals surface area contributed by atoms with Gasteiger partial charge < -0.3 is 9.84 Å². The van der Waals surface area contributed by atoms with Crippen LogP contribution >= 0.6 is 22.6 Å². The first-order valence-corrected chi connectivity index (χ1v) is 8.08. The Morgan fingerprint density at radius 3 is 2.33 bits per heavy atom. The molecule has 2 rings (SSSR count). The van der Waals surface area contributed by atoms with Crippen LogP contribution in [0.2, 0.25) is 0 Å². The number of rotatable bonds is 3. The number of aryl methyl sites for hydroxylation is 2. The molecule has 21 heavy (non-hydrogen) atoms. The minimum absolute atomic E-state index is 0.0582. The van der Waals surface area contributed by atoms with Crippen LogP contribution in [0.15, 0.2) is 4.52 Å². The lowest BCUT2D eigenvalue weighted by Crippen LogP contribution is -2.19. The number of halogens is 1. The van der Waals surface area contributed by atoms with Gasteiger partial charge in [-0.1, -0.05) is 25.9 Å². The van der Waals surface area contributed by atoms with Gasteiger partial charge in [-0.25, -0.2) is 9.97 Å². The SMILES string of the molecule is CCNc1nc(-c2c(C)noc2C)nc(C(C)(C)C)c1I. The average molecular weight is 400 g/mol. The van der Waals surface area contributed by atoms with Gasteiger partial charge in [0.15, 0.2) is 5.82 Å². The van der Waals surface area contributed by atoms with E-state index >= 15 is 0 Å². The fourth-order valence-electron chi connectivity index (χ4n) is 2.14. The first-order valence-electron chi connectivity index (χ1n) is 7.00. The second kappa shape index (κ2) is 5.90. The third-order valence-electron chi connectivity index (χ3n) is 3.16. The van der Waals surface area contributed by atoms with Gasteiger partial charge in [-0.05, 0) is 43.4 Å². The summed E-state index contributed by atoms with van der Waals surface area (Å²) in [6.07, 6.45) is 0. The predicted molar refractivity (Wildman–Crippen MR) is 92.6 cm³/mol. The van der Waals surface area contributed by atoms with Crippen LogP contribution in [0.3, 0.4) is 0 Å². The van der Waals surface area contributed by atoms with E-state index in [0.717, 1.165) is 38.6 Å². The minimum atomic E-state index is -0.0582. The van der Waals surface area contributed by atoms with Gasteiger partial charge in [0, 0.05) is 12.0 Å². The Labute approximate surface area is 139 Å². The first-order chi connectivity index (χ1) is 9.75. The molecule has 5 nitrogen and oxygen atoms in total. The zero-order chi connectivity index (χ0) is 15.8. The van der Waals surface area contributed by atoms with E-state index in [2.05, 4.69) is 65.7 Å². The molecule has 0 saturated carbocycles. The van der Waals surface area contributed by atoms with Crippen molar-refractivity contribution in [1.29, 1.82) is 0 Å². The van der Waals surface area contributed by atoms with Crippen molar-refractivity contribution in [2.24, 2.45) is 0 Å². The van der Waals surface area contributed by atoms with E-state index in [4.69, 9.17) is 9.51 Å². The van der Waals surface area contributed by atoms with Crippen LogP contribution in [-0.2, 0) is 5.41 Å². The second-order valence-corrected chi connectivity index (χ2v) is 7.12. The molecule has 0 aliphatic carbocycles. The number of nitrogens with one attached hydrogen (secondary N) is 1. The van der Waals surface area contributed by atoms with Gasteiger partial charge >= 0.3 is 0 Å². The summed E-state index contributed by atoms with van der Waals surface area (Å²) in [5, 5.41) is 7.33. The number of anilines is 1. The van der Waals surface area contributed by atoms with Gasteiger partial charge in [0.2, 0.25) is 0 Å². The molecular formula is C15H21IN4O. The molecule has 0 aliphatic heterocycles. The lowest BCUT2D eigenvalue weighted by Gasteiger charge is -2.22. The molecule has 0 bridgehead atoms. The van der Waals surface area contributed by atoms with Crippen molar-refractivity contribution in [3.05, 3.63) is 20.7 Å². The third-order valence-corrected chi connectivity index (χ3v) is 4.18. The van der Waals surface area contributed by atoms with Crippen LogP contribution in [-0.4, -0.2) is 21.7 Å². The topological polar surface area (TPSA) is 63.8 Å². The molecule has 2 heterocycles. The molecule has 2 aromatic rings. The van der Waals surface area contributed by atoms with E-state index in [0.29, 0.717) is 5.82 Å². The maximum atomic E-state index is 5.25. The van der Waals surface area contributed by atoms with Crippen molar-refractivity contribution in [1.82, 2.24) is 15.1 Å². The lowest BCUT2D eigenvalue weighted by atomic mass is 9.91. The summed E-state index contributed by atoms with van der Waals surface area (Å²) in [7, 11) is 0. The normalized spacial score (nSPS) is 11.8. The Balaban J connectivity index is 2.71. The van der Waals surface area contributed by atoms with Gasteiger partial charge in [0.25, 0.3) is 0 Å². The standard InChI is InChI=1S/C15H21IN4O/c1-7-17-14-11(16)12(15(4,5)6)18-13(19-14)10-8(2)20-21-9(10)3/h7H2,1-6H3,(H,17,18,19). The Hall–Kier alpha value is -1.18. The highest BCUT2D eigenvalue weighted by atomic mass is 127. The zero-order valence-electron chi connectivity index (χ0n) is 13.3. The number of hydrogen-bond donors (Lipinski definition) is 1. The highest BCUT2D eigenvalue weighted by Crippen LogP contribution is 2.33. The molecule has 0 spiro atoms. The zero-order valence-corrected chi connectivity index (χ0v) is 15.5. The smallest absolute Gasteiger partial charge is 0.167 e. The van der Waals surface area contributed by atoms with Crippen molar-refractivity contribution < 1.29 is 4.52 Å². The predicted octanol–water partition coefficient (Wildman–Crippen LogP) is 4.08. The summed E-state index contributed by atoms with van der Waals surface area (Å²) in [5.74, 6) is 2.29. The average Bonchev–Trinajstić information content (AvgIpc) is 2.71. The fraction of sp³-hybridized carbons (Fsp3) is 0.533. The van der Waals surface area contributed by atoms with Gasteiger partial charge in [0.05, 0.1) is 20.5 Å². The van der Waals surface area contributed by atoms with Crippen LogP contribution in [0.5, 0.6) is 0 Å². The Kier molecular flexibility index (Phi) is 4.55. The highest BCUT2D eigenvalue weighted by Gasteiger charge is 2.25. The highest BCUT2D eigenvalue weighted by molar-refractivity contribution is 14.1. The van der Waals surface area contributed by atoms with Gasteiger partial charge in [0.1, 0.15) is 11.6 Å². The monoisotopic (exact) mass is 400 g/mol. The summed E-state index contributed by atoms with van der Waals surface area (Å²) in [5.41, 5.74) is 2.67. The Morgan fingerprint density at radius 1 is 1.19 bits per heavy atom. The maximum absolute atomic E-state index is 5.25. The quantitative estimate of drug-likeness (QED) is 0.787. The summed E-state index contributed by atoms with van der Waals surface area (Å²) in [6.45, 7) is 13.2. The van der Waals surface area contributed by atoms with E-state index in [9.17, 15) is 0 Å². The van der Waals surface area contributed by atoms with Crippen LogP contribution < -0.4 is 5.32 Å². The van der Waals surface area contributed by atoms with E-state index in [1.807, 2.05) is 13.8 Å². The van der Waals surface area contributed by atoms with Crippen LogP contribution in [0.25, 0.3) is 11.4 Å². The van der Waals surface area contributed by atoms with E-state index in [1.54, 1.807) is 0 Å². The molecule has 0 aromatic carbocycles. The molecule has 6 heteroatoms. The molecule has 0 amide bonds. The third kappa shape index (κ3) is 3.20. The first kappa shape index (κ1) is 16.2. The molecular weight excluding hydrogens is 379 g/mol. The van der Waals surface area contributed by atoms with Gasteiger partial charge in [-0.2, -0.15) is 0 Å². The van der Waals surface area contributed by atoms with E-state index in [-0.39, 0.29) is 5.41 Å². The number of hydrogen-bond acceptors (Lipinski definition) is 5.